The van der Waals surface area contributed by atoms with Crippen molar-refractivity contribution in [2.75, 3.05) is 13.1 Å². The summed E-state index contributed by atoms with van der Waals surface area (Å²) in [5, 5.41) is 11.1. The van der Waals surface area contributed by atoms with Crippen LogP contribution in [-0.2, 0) is 4.74 Å². The molecular formula is C16H19N3O2. The van der Waals surface area contributed by atoms with Gasteiger partial charge in [-0.05, 0) is 37.6 Å². The number of hydrogen-bond donors (Lipinski definition) is 1. The molecule has 0 bridgehead atoms. The van der Waals surface area contributed by atoms with Gasteiger partial charge in [0.05, 0.1) is 11.7 Å². The Kier molecular flexibility index (Phi) is 3.86. The van der Waals surface area contributed by atoms with Crippen LogP contribution in [0, 0.1) is 0 Å². The molecule has 0 unspecified atom stereocenters. The average Bonchev–Trinajstić information content (AvgIpc) is 2.47. The van der Waals surface area contributed by atoms with E-state index in [1.54, 1.807) is 18.3 Å². The number of ether oxygens (including phenoxy) is 2. The second kappa shape index (κ2) is 5.79. The molecule has 0 saturated carbocycles. The quantitative estimate of drug-likeness (QED) is 0.939. The molecule has 1 aliphatic heterocycles. The molecule has 0 spiro atoms. The minimum absolute atomic E-state index is 0.0270. The first kappa shape index (κ1) is 14.0. The third kappa shape index (κ3) is 3.56. The summed E-state index contributed by atoms with van der Waals surface area (Å²) in [6.07, 6.45) is 1.64. The minimum atomic E-state index is -0.162. The van der Waals surface area contributed by atoms with Crippen molar-refractivity contribution >= 4 is 0 Å². The SMILES string of the molecule is CC1(C)CNC[C@H](c2cccc(Oc3cccnn3)c2)O1. The highest BCUT2D eigenvalue weighted by Crippen LogP contribution is 2.29. The number of hydrogen-bond acceptors (Lipinski definition) is 5. The molecule has 2 aromatic rings. The fraction of sp³-hybridized carbons (Fsp3) is 0.375. The van der Waals surface area contributed by atoms with Crippen LogP contribution in [0.2, 0.25) is 0 Å². The van der Waals surface area contributed by atoms with E-state index in [1.165, 1.54) is 0 Å². The molecule has 3 rings (SSSR count). The molecule has 1 saturated heterocycles. The molecule has 5 nitrogen and oxygen atoms in total. The molecule has 0 radical (unpaired) electrons. The lowest BCUT2D eigenvalue weighted by molar-refractivity contribution is -0.0959. The van der Waals surface area contributed by atoms with Gasteiger partial charge in [-0.3, -0.25) is 0 Å². The Balaban J connectivity index is 1.77. The van der Waals surface area contributed by atoms with Gasteiger partial charge < -0.3 is 14.8 Å². The maximum absolute atomic E-state index is 6.12. The van der Waals surface area contributed by atoms with E-state index >= 15 is 0 Å². The second-order valence-corrected chi connectivity index (χ2v) is 5.73. The highest BCUT2D eigenvalue weighted by molar-refractivity contribution is 5.32. The van der Waals surface area contributed by atoms with Crippen LogP contribution in [0.1, 0.15) is 25.5 Å². The minimum Gasteiger partial charge on any atom is -0.438 e. The predicted molar refractivity (Wildman–Crippen MR) is 79.3 cm³/mol. The maximum atomic E-state index is 6.12. The molecule has 2 heterocycles. The smallest absolute Gasteiger partial charge is 0.238 e. The van der Waals surface area contributed by atoms with Gasteiger partial charge in [-0.15, -0.1) is 5.10 Å². The molecule has 21 heavy (non-hydrogen) atoms. The third-order valence-corrected chi connectivity index (χ3v) is 3.34. The van der Waals surface area contributed by atoms with Crippen molar-refractivity contribution in [1.82, 2.24) is 15.5 Å². The Labute approximate surface area is 124 Å². The van der Waals surface area contributed by atoms with E-state index in [9.17, 15) is 0 Å². The summed E-state index contributed by atoms with van der Waals surface area (Å²) in [4.78, 5) is 0. The summed E-state index contributed by atoms with van der Waals surface area (Å²) in [6.45, 7) is 5.84. The Hall–Kier alpha value is -1.98. The van der Waals surface area contributed by atoms with Crippen LogP contribution >= 0.6 is 0 Å². The van der Waals surface area contributed by atoms with Crippen LogP contribution in [0.15, 0.2) is 42.6 Å². The van der Waals surface area contributed by atoms with E-state index in [-0.39, 0.29) is 11.7 Å². The first-order chi connectivity index (χ1) is 10.1. The summed E-state index contributed by atoms with van der Waals surface area (Å²) < 4.78 is 11.8. The number of nitrogens with one attached hydrogen (secondary N) is 1. The van der Waals surface area contributed by atoms with Gasteiger partial charge in [0.1, 0.15) is 5.75 Å². The fourth-order valence-corrected chi connectivity index (χ4v) is 2.40. The summed E-state index contributed by atoms with van der Waals surface area (Å²) >= 11 is 0. The zero-order chi connectivity index (χ0) is 14.7. The van der Waals surface area contributed by atoms with E-state index in [0.29, 0.717) is 5.88 Å². The van der Waals surface area contributed by atoms with Gasteiger partial charge in [0.25, 0.3) is 0 Å². The first-order valence-electron chi connectivity index (χ1n) is 7.06. The highest BCUT2D eigenvalue weighted by atomic mass is 16.5. The van der Waals surface area contributed by atoms with Gasteiger partial charge in [0.15, 0.2) is 0 Å². The lowest BCUT2D eigenvalue weighted by Crippen LogP contribution is -2.46. The number of benzene rings is 1. The molecule has 1 N–H and O–H groups in total. The topological polar surface area (TPSA) is 56.3 Å². The zero-order valence-electron chi connectivity index (χ0n) is 12.2. The number of aromatic nitrogens is 2. The average molecular weight is 285 g/mol. The van der Waals surface area contributed by atoms with Crippen LogP contribution in [0.4, 0.5) is 0 Å². The molecule has 1 aliphatic rings. The Bertz CT molecular complexity index is 601. The lowest BCUT2D eigenvalue weighted by Gasteiger charge is -2.36. The predicted octanol–water partition coefficient (Wildman–Crippen LogP) is 2.71. The monoisotopic (exact) mass is 285 g/mol. The van der Waals surface area contributed by atoms with Crippen LogP contribution < -0.4 is 10.1 Å². The van der Waals surface area contributed by atoms with E-state index in [0.717, 1.165) is 24.4 Å². The van der Waals surface area contributed by atoms with Crippen LogP contribution in [0.5, 0.6) is 11.6 Å². The Morgan fingerprint density at radius 2 is 2.19 bits per heavy atom. The maximum Gasteiger partial charge on any atom is 0.238 e. The van der Waals surface area contributed by atoms with Gasteiger partial charge in [0, 0.05) is 25.4 Å². The second-order valence-electron chi connectivity index (χ2n) is 5.73. The van der Waals surface area contributed by atoms with Gasteiger partial charge >= 0.3 is 0 Å². The molecular weight excluding hydrogens is 266 g/mol. The lowest BCUT2D eigenvalue weighted by atomic mass is 10.0. The van der Waals surface area contributed by atoms with Crippen LogP contribution in [0.3, 0.4) is 0 Å². The van der Waals surface area contributed by atoms with Crippen molar-refractivity contribution in [3.8, 4) is 11.6 Å². The summed E-state index contributed by atoms with van der Waals surface area (Å²) in [5.74, 6) is 1.22. The number of rotatable bonds is 3. The van der Waals surface area contributed by atoms with Crippen molar-refractivity contribution < 1.29 is 9.47 Å². The molecule has 5 heteroatoms. The van der Waals surface area contributed by atoms with E-state index in [2.05, 4.69) is 35.4 Å². The van der Waals surface area contributed by atoms with Crippen molar-refractivity contribution in [3.05, 3.63) is 48.2 Å². The molecule has 1 fully saturated rings. The standard InChI is InChI=1S/C16H19N3O2/c1-16(2)11-17-10-14(21-16)12-5-3-6-13(9-12)20-15-7-4-8-18-19-15/h3-9,14,17H,10-11H2,1-2H3/t14-/m1/s1. The van der Waals surface area contributed by atoms with Gasteiger partial charge in [-0.2, -0.15) is 5.10 Å². The molecule has 0 amide bonds. The summed E-state index contributed by atoms with van der Waals surface area (Å²) in [6, 6.07) is 11.5. The number of morpholine rings is 1. The third-order valence-electron chi connectivity index (χ3n) is 3.34. The Morgan fingerprint density at radius 3 is 2.95 bits per heavy atom. The van der Waals surface area contributed by atoms with Crippen molar-refractivity contribution in [2.24, 2.45) is 0 Å². The summed E-state index contributed by atoms with van der Waals surface area (Å²) in [7, 11) is 0. The van der Waals surface area contributed by atoms with Crippen molar-refractivity contribution in [2.45, 2.75) is 25.6 Å². The fourth-order valence-electron chi connectivity index (χ4n) is 2.40. The molecule has 1 aromatic carbocycles. The van der Waals surface area contributed by atoms with E-state index in [4.69, 9.17) is 9.47 Å². The Morgan fingerprint density at radius 1 is 1.29 bits per heavy atom. The largest absolute Gasteiger partial charge is 0.438 e. The molecule has 110 valence electrons. The van der Waals surface area contributed by atoms with Crippen LogP contribution in [0.25, 0.3) is 0 Å². The van der Waals surface area contributed by atoms with Crippen molar-refractivity contribution in [1.29, 1.82) is 0 Å². The van der Waals surface area contributed by atoms with Crippen LogP contribution in [-0.4, -0.2) is 28.9 Å². The summed E-state index contributed by atoms with van der Waals surface area (Å²) in [5.41, 5.74) is 0.932. The highest BCUT2D eigenvalue weighted by Gasteiger charge is 2.29. The van der Waals surface area contributed by atoms with Gasteiger partial charge in [-0.25, -0.2) is 0 Å². The number of nitrogens with zero attached hydrogens (tertiary/aromatic N) is 2. The molecule has 1 aromatic heterocycles. The van der Waals surface area contributed by atoms with Gasteiger partial charge in [0.2, 0.25) is 5.88 Å². The molecule has 1 atom stereocenters. The first-order valence-corrected chi connectivity index (χ1v) is 7.06. The van der Waals surface area contributed by atoms with Crippen molar-refractivity contribution in [3.63, 3.8) is 0 Å². The van der Waals surface area contributed by atoms with E-state index < -0.39 is 0 Å². The zero-order valence-corrected chi connectivity index (χ0v) is 12.2. The normalized spacial score (nSPS) is 21.0. The van der Waals surface area contributed by atoms with Gasteiger partial charge in [-0.1, -0.05) is 12.1 Å². The van der Waals surface area contributed by atoms with E-state index in [1.807, 2.05) is 18.2 Å². The molecule has 0 aliphatic carbocycles.